The Morgan fingerprint density at radius 3 is 2.50 bits per heavy atom. The van der Waals surface area contributed by atoms with Crippen molar-refractivity contribution in [2.45, 2.75) is 20.3 Å². The van der Waals surface area contributed by atoms with Crippen molar-refractivity contribution >= 4 is 27.7 Å². The van der Waals surface area contributed by atoms with Crippen molar-refractivity contribution in [3.05, 3.63) is 21.6 Å². The van der Waals surface area contributed by atoms with Crippen LogP contribution in [-0.2, 0) is 4.79 Å². The van der Waals surface area contributed by atoms with Gasteiger partial charge in [0, 0.05) is 13.1 Å². The molecule has 1 saturated heterocycles. The molecule has 18 heavy (non-hydrogen) atoms. The number of halogens is 1. The standard InChI is InChI=1S/C12H15BrN2O3/c1-6-9(10(13)7(2)18-6)12(17)15-4-3-8(5-15)11(14)16/h8H,3-5H2,1-2H3,(H2,14,16). The van der Waals surface area contributed by atoms with Crippen LogP contribution in [-0.4, -0.2) is 29.8 Å². The van der Waals surface area contributed by atoms with Gasteiger partial charge < -0.3 is 15.1 Å². The number of likely N-dealkylation sites (tertiary alicyclic amines) is 1. The summed E-state index contributed by atoms with van der Waals surface area (Å²) in [5, 5.41) is 0. The molecule has 1 aliphatic rings. The molecule has 2 heterocycles. The van der Waals surface area contributed by atoms with Gasteiger partial charge in [-0.2, -0.15) is 0 Å². The van der Waals surface area contributed by atoms with E-state index in [2.05, 4.69) is 15.9 Å². The van der Waals surface area contributed by atoms with Gasteiger partial charge in [0.25, 0.3) is 5.91 Å². The van der Waals surface area contributed by atoms with E-state index >= 15 is 0 Å². The highest BCUT2D eigenvalue weighted by Crippen LogP contribution is 2.30. The third-order valence-electron chi connectivity index (χ3n) is 3.28. The number of rotatable bonds is 2. The molecular formula is C12H15BrN2O3. The van der Waals surface area contributed by atoms with Crippen molar-refractivity contribution in [1.82, 2.24) is 4.90 Å². The number of nitrogens with two attached hydrogens (primary N) is 1. The molecule has 0 aliphatic carbocycles. The first-order chi connectivity index (χ1) is 8.41. The van der Waals surface area contributed by atoms with E-state index in [9.17, 15) is 9.59 Å². The molecule has 0 saturated carbocycles. The first-order valence-corrected chi connectivity index (χ1v) is 6.55. The fraction of sp³-hybridized carbons (Fsp3) is 0.500. The van der Waals surface area contributed by atoms with Crippen molar-refractivity contribution in [2.75, 3.05) is 13.1 Å². The second kappa shape index (κ2) is 4.76. The fourth-order valence-electron chi connectivity index (χ4n) is 2.24. The zero-order valence-electron chi connectivity index (χ0n) is 10.3. The van der Waals surface area contributed by atoms with E-state index < -0.39 is 0 Å². The highest BCUT2D eigenvalue weighted by molar-refractivity contribution is 9.10. The lowest BCUT2D eigenvalue weighted by atomic mass is 10.1. The van der Waals surface area contributed by atoms with Crippen LogP contribution in [0.15, 0.2) is 8.89 Å². The summed E-state index contributed by atoms with van der Waals surface area (Å²) in [7, 11) is 0. The predicted molar refractivity (Wildman–Crippen MR) is 69.1 cm³/mol. The van der Waals surface area contributed by atoms with E-state index in [1.807, 2.05) is 0 Å². The number of carbonyl (C=O) groups excluding carboxylic acids is 2. The molecular weight excluding hydrogens is 300 g/mol. The van der Waals surface area contributed by atoms with Crippen molar-refractivity contribution < 1.29 is 14.0 Å². The molecule has 0 aromatic carbocycles. The van der Waals surface area contributed by atoms with Crippen LogP contribution in [0, 0.1) is 19.8 Å². The van der Waals surface area contributed by atoms with E-state index in [-0.39, 0.29) is 17.7 Å². The molecule has 1 aromatic rings. The minimum atomic E-state index is -0.343. The SMILES string of the molecule is Cc1oc(C)c(C(=O)N2CCC(C(N)=O)C2)c1Br. The van der Waals surface area contributed by atoms with E-state index in [1.54, 1.807) is 18.7 Å². The largest absolute Gasteiger partial charge is 0.465 e. The quantitative estimate of drug-likeness (QED) is 0.901. The number of hydrogen-bond acceptors (Lipinski definition) is 3. The Hall–Kier alpha value is -1.30. The minimum Gasteiger partial charge on any atom is -0.465 e. The van der Waals surface area contributed by atoms with Crippen LogP contribution in [0.1, 0.15) is 28.3 Å². The molecule has 2 N–H and O–H groups in total. The second-order valence-electron chi connectivity index (χ2n) is 4.54. The monoisotopic (exact) mass is 314 g/mol. The van der Waals surface area contributed by atoms with Gasteiger partial charge in [-0.1, -0.05) is 0 Å². The minimum absolute atomic E-state index is 0.111. The van der Waals surface area contributed by atoms with Crippen molar-refractivity contribution in [3.63, 3.8) is 0 Å². The van der Waals surface area contributed by atoms with E-state index in [0.717, 1.165) is 0 Å². The zero-order chi connectivity index (χ0) is 13.4. The third-order valence-corrected chi connectivity index (χ3v) is 4.23. The van der Waals surface area contributed by atoms with Crippen LogP contribution in [0.4, 0.5) is 0 Å². The number of carbonyl (C=O) groups is 2. The van der Waals surface area contributed by atoms with Crippen LogP contribution in [0.5, 0.6) is 0 Å². The van der Waals surface area contributed by atoms with Crippen molar-refractivity contribution in [1.29, 1.82) is 0 Å². The van der Waals surface area contributed by atoms with Gasteiger partial charge in [0.05, 0.1) is 16.0 Å². The second-order valence-corrected chi connectivity index (χ2v) is 5.34. The summed E-state index contributed by atoms with van der Waals surface area (Å²) in [5.41, 5.74) is 5.80. The van der Waals surface area contributed by atoms with Gasteiger partial charge >= 0.3 is 0 Å². The molecule has 2 rings (SSSR count). The van der Waals surface area contributed by atoms with Crippen molar-refractivity contribution in [3.8, 4) is 0 Å². The summed E-state index contributed by atoms with van der Waals surface area (Å²) < 4.78 is 6.10. The zero-order valence-corrected chi connectivity index (χ0v) is 11.9. The lowest BCUT2D eigenvalue weighted by Gasteiger charge is -2.15. The molecule has 1 aromatic heterocycles. The highest BCUT2D eigenvalue weighted by atomic mass is 79.9. The number of nitrogens with zero attached hydrogens (tertiary/aromatic N) is 1. The molecule has 0 radical (unpaired) electrons. The summed E-state index contributed by atoms with van der Waals surface area (Å²) >= 11 is 3.36. The first-order valence-electron chi connectivity index (χ1n) is 5.76. The maximum absolute atomic E-state index is 12.4. The molecule has 1 unspecified atom stereocenters. The van der Waals surface area contributed by atoms with Gasteiger partial charge in [-0.25, -0.2) is 0 Å². The number of amides is 2. The lowest BCUT2D eigenvalue weighted by molar-refractivity contribution is -0.121. The summed E-state index contributed by atoms with van der Waals surface area (Å²) in [4.78, 5) is 25.1. The van der Waals surface area contributed by atoms with Gasteiger partial charge in [-0.05, 0) is 36.2 Å². The average Bonchev–Trinajstić information content (AvgIpc) is 2.85. The Bertz CT molecular complexity index is 510. The molecule has 5 nitrogen and oxygen atoms in total. The summed E-state index contributed by atoms with van der Waals surface area (Å²) in [5.74, 6) is 0.582. The number of furan rings is 1. The summed E-state index contributed by atoms with van der Waals surface area (Å²) in [6.45, 7) is 4.50. The Labute approximate surface area is 113 Å². The number of hydrogen-bond donors (Lipinski definition) is 1. The van der Waals surface area contributed by atoms with Crippen LogP contribution >= 0.6 is 15.9 Å². The van der Waals surface area contributed by atoms with Gasteiger partial charge in [0.1, 0.15) is 11.5 Å². The normalized spacial score (nSPS) is 19.3. The average molecular weight is 315 g/mol. The predicted octanol–water partition coefficient (Wildman–Crippen LogP) is 1.61. The van der Waals surface area contributed by atoms with Crippen molar-refractivity contribution in [2.24, 2.45) is 11.7 Å². The topological polar surface area (TPSA) is 76.5 Å². The maximum Gasteiger partial charge on any atom is 0.258 e. The Morgan fingerprint density at radius 1 is 1.39 bits per heavy atom. The van der Waals surface area contributed by atoms with Crippen LogP contribution in [0.2, 0.25) is 0 Å². The van der Waals surface area contributed by atoms with Crippen LogP contribution in [0.3, 0.4) is 0 Å². The van der Waals surface area contributed by atoms with E-state index in [4.69, 9.17) is 10.2 Å². The highest BCUT2D eigenvalue weighted by Gasteiger charge is 2.32. The summed E-state index contributed by atoms with van der Waals surface area (Å²) in [6, 6.07) is 0. The molecule has 0 spiro atoms. The van der Waals surface area contributed by atoms with Gasteiger partial charge in [-0.15, -0.1) is 0 Å². The third kappa shape index (κ3) is 2.16. The molecule has 98 valence electrons. The molecule has 1 aliphatic heterocycles. The maximum atomic E-state index is 12.4. The van der Waals surface area contributed by atoms with Gasteiger partial charge in [0.15, 0.2) is 0 Å². The molecule has 6 heteroatoms. The van der Waals surface area contributed by atoms with Gasteiger partial charge in [0.2, 0.25) is 5.91 Å². The van der Waals surface area contributed by atoms with E-state index in [0.29, 0.717) is 41.1 Å². The molecule has 1 atom stereocenters. The molecule has 0 bridgehead atoms. The van der Waals surface area contributed by atoms with Gasteiger partial charge in [-0.3, -0.25) is 9.59 Å². The number of primary amides is 1. The van der Waals surface area contributed by atoms with Crippen LogP contribution < -0.4 is 5.73 Å². The Balaban J connectivity index is 2.20. The number of aryl methyl sites for hydroxylation is 2. The van der Waals surface area contributed by atoms with E-state index in [1.165, 1.54) is 0 Å². The fourth-order valence-corrected chi connectivity index (χ4v) is 2.77. The first kappa shape index (κ1) is 13.1. The lowest BCUT2D eigenvalue weighted by Crippen LogP contribution is -2.32. The Kier molecular flexibility index (Phi) is 3.47. The Morgan fingerprint density at radius 2 is 2.06 bits per heavy atom. The van der Waals surface area contributed by atoms with Crippen LogP contribution in [0.25, 0.3) is 0 Å². The molecule has 2 amide bonds. The summed E-state index contributed by atoms with van der Waals surface area (Å²) in [6.07, 6.45) is 0.634. The smallest absolute Gasteiger partial charge is 0.258 e. The molecule has 1 fully saturated rings.